The maximum atomic E-state index is 13.3. The van der Waals surface area contributed by atoms with Crippen LogP contribution in [-0.2, 0) is 21.2 Å². The van der Waals surface area contributed by atoms with Crippen LogP contribution in [0.2, 0.25) is 0 Å². The number of hydrogen-bond donors (Lipinski definition) is 0. The Bertz CT molecular complexity index is 1330. The van der Waals surface area contributed by atoms with Crippen LogP contribution in [0.4, 0.5) is 0 Å². The van der Waals surface area contributed by atoms with E-state index in [0.29, 0.717) is 35.6 Å². The van der Waals surface area contributed by atoms with Gasteiger partial charge >= 0.3 is 0 Å². The Kier molecular flexibility index (Phi) is 6.90. The maximum Gasteiger partial charge on any atom is 0.262 e. The second-order valence-electron chi connectivity index (χ2n) is 8.31. The summed E-state index contributed by atoms with van der Waals surface area (Å²) in [6, 6.07) is 14.9. The molecule has 0 aliphatic carbocycles. The number of carbonyl (C=O) groups excluding carboxylic acids is 1. The van der Waals surface area contributed by atoms with Crippen LogP contribution >= 0.6 is 11.8 Å². The van der Waals surface area contributed by atoms with Crippen LogP contribution in [0.25, 0.3) is 10.9 Å². The average molecular weight is 486 g/mol. The van der Waals surface area contributed by atoms with Gasteiger partial charge in [0.25, 0.3) is 5.56 Å². The van der Waals surface area contributed by atoms with Crippen LogP contribution < -0.4 is 5.56 Å². The second-order valence-corrected chi connectivity index (χ2v) is 11.5. The van der Waals surface area contributed by atoms with Crippen molar-refractivity contribution in [1.29, 1.82) is 0 Å². The molecule has 33 heavy (non-hydrogen) atoms. The molecule has 1 atom stereocenters. The van der Waals surface area contributed by atoms with Gasteiger partial charge in [-0.2, -0.15) is 0 Å². The standard InChI is InChI=1S/C24H27N3O4S2/c1-3-26(19-12-13-33(30,31)16-19)22(28)15-32-24-25-21-7-5-4-6-20(21)23(29)27(24)14-18-10-8-17(2)9-11-18/h4-11,19H,3,12-16H2,1-2H3/t19-/m1/s1. The number of para-hydroxylation sites is 1. The van der Waals surface area contributed by atoms with Gasteiger partial charge in [-0.1, -0.05) is 53.7 Å². The van der Waals surface area contributed by atoms with Crippen molar-refractivity contribution >= 4 is 38.4 Å². The number of thioether (sulfide) groups is 1. The first-order chi connectivity index (χ1) is 15.8. The first-order valence-corrected chi connectivity index (χ1v) is 13.8. The van der Waals surface area contributed by atoms with Gasteiger partial charge in [-0.3, -0.25) is 14.2 Å². The number of aryl methyl sites for hydroxylation is 1. The number of sulfone groups is 1. The Hall–Kier alpha value is -2.65. The molecule has 174 valence electrons. The molecule has 7 nitrogen and oxygen atoms in total. The second kappa shape index (κ2) is 9.69. The monoisotopic (exact) mass is 485 g/mol. The fraction of sp³-hybridized carbons (Fsp3) is 0.375. The van der Waals surface area contributed by atoms with E-state index in [9.17, 15) is 18.0 Å². The van der Waals surface area contributed by atoms with Crippen LogP contribution in [0.5, 0.6) is 0 Å². The number of rotatable bonds is 7. The molecular formula is C24H27N3O4S2. The number of amides is 1. The normalized spacial score (nSPS) is 17.3. The van der Waals surface area contributed by atoms with Gasteiger partial charge in [-0.15, -0.1) is 0 Å². The molecule has 1 aromatic heterocycles. The number of aromatic nitrogens is 2. The highest BCUT2D eigenvalue weighted by atomic mass is 32.2. The highest BCUT2D eigenvalue weighted by Crippen LogP contribution is 2.22. The summed E-state index contributed by atoms with van der Waals surface area (Å²) in [5.41, 5.74) is 2.55. The molecule has 0 N–H and O–H groups in total. The molecule has 3 aromatic rings. The van der Waals surface area contributed by atoms with E-state index >= 15 is 0 Å². The predicted octanol–water partition coefficient (Wildman–Crippen LogP) is 2.88. The minimum Gasteiger partial charge on any atom is -0.338 e. The van der Waals surface area contributed by atoms with Gasteiger partial charge in [0.2, 0.25) is 5.91 Å². The zero-order valence-corrected chi connectivity index (χ0v) is 20.4. The summed E-state index contributed by atoms with van der Waals surface area (Å²) in [5.74, 6) is 0.0812. The highest BCUT2D eigenvalue weighted by molar-refractivity contribution is 7.99. The van der Waals surface area contributed by atoms with Crippen molar-refractivity contribution in [1.82, 2.24) is 14.5 Å². The average Bonchev–Trinajstić information content (AvgIpc) is 3.15. The zero-order chi connectivity index (χ0) is 23.6. The van der Waals surface area contributed by atoms with E-state index in [1.165, 1.54) is 11.8 Å². The van der Waals surface area contributed by atoms with Crippen LogP contribution in [0.3, 0.4) is 0 Å². The smallest absolute Gasteiger partial charge is 0.262 e. The quantitative estimate of drug-likeness (QED) is 0.378. The van der Waals surface area contributed by atoms with Crippen molar-refractivity contribution in [3.8, 4) is 0 Å². The van der Waals surface area contributed by atoms with E-state index < -0.39 is 9.84 Å². The fourth-order valence-electron chi connectivity index (χ4n) is 4.14. The molecule has 2 aromatic carbocycles. The Morgan fingerprint density at radius 2 is 1.91 bits per heavy atom. The maximum absolute atomic E-state index is 13.3. The molecule has 0 saturated carbocycles. The first kappa shape index (κ1) is 23.5. The summed E-state index contributed by atoms with van der Waals surface area (Å²) < 4.78 is 25.4. The van der Waals surface area contributed by atoms with Crippen molar-refractivity contribution in [3.05, 3.63) is 70.0 Å². The Balaban J connectivity index is 1.61. The summed E-state index contributed by atoms with van der Waals surface area (Å²) in [6.45, 7) is 4.66. The lowest BCUT2D eigenvalue weighted by molar-refractivity contribution is -0.129. The third kappa shape index (κ3) is 5.30. The van der Waals surface area contributed by atoms with Crippen LogP contribution in [-0.4, -0.2) is 58.6 Å². The van der Waals surface area contributed by atoms with Crippen LogP contribution in [0.1, 0.15) is 24.5 Å². The number of benzene rings is 2. The van der Waals surface area contributed by atoms with E-state index in [4.69, 9.17) is 0 Å². The SMILES string of the molecule is CCN(C(=O)CSc1nc2ccccc2c(=O)n1Cc1ccc(C)cc1)[C@@H]1CCS(=O)(=O)C1. The Morgan fingerprint density at radius 3 is 2.58 bits per heavy atom. The molecule has 2 heterocycles. The summed E-state index contributed by atoms with van der Waals surface area (Å²) in [5, 5.41) is 1.01. The molecule has 9 heteroatoms. The summed E-state index contributed by atoms with van der Waals surface area (Å²) in [6.07, 6.45) is 0.471. The van der Waals surface area contributed by atoms with Crippen molar-refractivity contribution < 1.29 is 13.2 Å². The van der Waals surface area contributed by atoms with Crippen LogP contribution in [0.15, 0.2) is 58.5 Å². The van der Waals surface area contributed by atoms with Gasteiger partial charge in [0.15, 0.2) is 15.0 Å². The topological polar surface area (TPSA) is 89.3 Å². The first-order valence-electron chi connectivity index (χ1n) is 10.9. The highest BCUT2D eigenvalue weighted by Gasteiger charge is 2.33. The largest absolute Gasteiger partial charge is 0.338 e. The number of carbonyl (C=O) groups is 1. The predicted molar refractivity (Wildman–Crippen MR) is 131 cm³/mol. The molecule has 1 saturated heterocycles. The van der Waals surface area contributed by atoms with Gasteiger partial charge in [0.05, 0.1) is 34.7 Å². The fourth-order valence-corrected chi connectivity index (χ4v) is 6.76. The van der Waals surface area contributed by atoms with E-state index in [-0.39, 0.29) is 34.8 Å². The molecule has 1 aliphatic rings. The van der Waals surface area contributed by atoms with Crippen molar-refractivity contribution in [3.63, 3.8) is 0 Å². The van der Waals surface area contributed by atoms with Gasteiger partial charge in [0.1, 0.15) is 0 Å². The lowest BCUT2D eigenvalue weighted by Crippen LogP contribution is -2.42. The van der Waals surface area contributed by atoms with Gasteiger partial charge in [0, 0.05) is 12.6 Å². The lowest BCUT2D eigenvalue weighted by atomic mass is 10.1. The third-order valence-corrected chi connectivity index (χ3v) is 8.63. The number of fused-ring (bicyclic) bond motifs is 1. The third-order valence-electron chi connectivity index (χ3n) is 5.92. The van der Waals surface area contributed by atoms with E-state index in [0.717, 1.165) is 11.1 Å². The molecule has 0 spiro atoms. The molecule has 0 unspecified atom stereocenters. The lowest BCUT2D eigenvalue weighted by Gasteiger charge is -2.26. The van der Waals surface area contributed by atoms with Gasteiger partial charge in [-0.05, 0) is 38.0 Å². The summed E-state index contributed by atoms with van der Waals surface area (Å²) >= 11 is 1.22. The molecule has 1 aliphatic heterocycles. The molecule has 4 rings (SSSR count). The van der Waals surface area contributed by atoms with Crippen molar-refractivity contribution in [2.24, 2.45) is 0 Å². The van der Waals surface area contributed by atoms with Crippen molar-refractivity contribution in [2.75, 3.05) is 23.8 Å². The molecule has 0 radical (unpaired) electrons. The molecular weight excluding hydrogens is 458 g/mol. The summed E-state index contributed by atoms with van der Waals surface area (Å²) in [4.78, 5) is 32.6. The molecule has 1 fully saturated rings. The zero-order valence-electron chi connectivity index (χ0n) is 18.7. The van der Waals surface area contributed by atoms with Gasteiger partial charge in [-0.25, -0.2) is 13.4 Å². The Labute approximate surface area is 197 Å². The van der Waals surface area contributed by atoms with Gasteiger partial charge < -0.3 is 4.90 Å². The van der Waals surface area contributed by atoms with E-state index in [2.05, 4.69) is 4.98 Å². The van der Waals surface area contributed by atoms with Crippen molar-refractivity contribution in [2.45, 2.75) is 38.0 Å². The number of nitrogens with zero attached hydrogens (tertiary/aromatic N) is 3. The minimum atomic E-state index is -3.08. The van der Waals surface area contributed by atoms with Crippen LogP contribution in [0, 0.1) is 6.92 Å². The molecule has 0 bridgehead atoms. The number of hydrogen-bond acceptors (Lipinski definition) is 6. The Morgan fingerprint density at radius 1 is 1.18 bits per heavy atom. The summed E-state index contributed by atoms with van der Waals surface area (Å²) in [7, 11) is -3.08. The van der Waals surface area contributed by atoms with E-state index in [1.807, 2.05) is 50.2 Å². The molecule has 1 amide bonds. The van der Waals surface area contributed by atoms with E-state index in [1.54, 1.807) is 21.6 Å². The minimum absolute atomic E-state index is 0.0175.